The topological polar surface area (TPSA) is 12.0 Å². The lowest BCUT2D eigenvalue weighted by Crippen LogP contribution is -2.44. The van der Waals surface area contributed by atoms with Crippen LogP contribution in [0.4, 0.5) is 17.6 Å². The van der Waals surface area contributed by atoms with Gasteiger partial charge in [-0.25, -0.2) is 8.78 Å². The lowest BCUT2D eigenvalue weighted by Gasteiger charge is -2.30. The summed E-state index contributed by atoms with van der Waals surface area (Å²) in [6.45, 7) is -0.939. The van der Waals surface area contributed by atoms with Crippen LogP contribution in [0.1, 0.15) is 37.2 Å². The maximum absolute atomic E-state index is 12.8. The molecule has 5 heteroatoms. The Hall–Kier alpha value is -1.10. The van der Waals surface area contributed by atoms with Gasteiger partial charge >= 0.3 is 12.3 Å². The fourth-order valence-corrected chi connectivity index (χ4v) is 2.71. The third kappa shape index (κ3) is 3.95. The maximum atomic E-state index is 12.8. The summed E-state index contributed by atoms with van der Waals surface area (Å²) in [5.74, 6) is -3.49. The lowest BCUT2D eigenvalue weighted by molar-refractivity contribution is -0.126. The van der Waals surface area contributed by atoms with Gasteiger partial charge in [0.15, 0.2) is 0 Å². The predicted molar refractivity (Wildman–Crippen MR) is 70.4 cm³/mol. The van der Waals surface area contributed by atoms with E-state index >= 15 is 0 Å². The van der Waals surface area contributed by atoms with Crippen LogP contribution in [0.15, 0.2) is 30.3 Å². The molecule has 0 amide bonds. The van der Waals surface area contributed by atoms with Gasteiger partial charge in [-0.2, -0.15) is 8.78 Å². The van der Waals surface area contributed by atoms with E-state index in [9.17, 15) is 17.6 Å². The molecule has 20 heavy (non-hydrogen) atoms. The molecule has 1 N–H and O–H groups in total. The van der Waals surface area contributed by atoms with Gasteiger partial charge in [0, 0.05) is 6.04 Å². The highest BCUT2D eigenvalue weighted by molar-refractivity contribution is 5.20. The monoisotopic (exact) mass is 289 g/mol. The minimum Gasteiger partial charge on any atom is -0.308 e. The Bertz CT molecular complexity index is 400. The quantitative estimate of drug-likeness (QED) is 0.801. The summed E-state index contributed by atoms with van der Waals surface area (Å²) in [5.41, 5.74) is 1.27. The Morgan fingerprint density at radius 1 is 1.05 bits per heavy atom. The highest BCUT2D eigenvalue weighted by Gasteiger charge is 2.40. The second-order valence-electron chi connectivity index (χ2n) is 5.40. The van der Waals surface area contributed by atoms with Crippen LogP contribution in [0.3, 0.4) is 0 Å². The van der Waals surface area contributed by atoms with Gasteiger partial charge in [0.05, 0.1) is 6.54 Å². The molecule has 0 spiro atoms. The van der Waals surface area contributed by atoms with Crippen LogP contribution < -0.4 is 5.32 Å². The molecule has 1 aliphatic carbocycles. The van der Waals surface area contributed by atoms with E-state index in [1.54, 1.807) is 0 Å². The number of nitrogens with one attached hydrogen (secondary N) is 1. The summed E-state index contributed by atoms with van der Waals surface area (Å²) < 4.78 is 49.8. The largest absolute Gasteiger partial charge is 0.319 e. The van der Waals surface area contributed by atoms with Gasteiger partial charge < -0.3 is 5.32 Å². The molecule has 1 saturated carbocycles. The first-order valence-corrected chi connectivity index (χ1v) is 6.93. The number of alkyl halides is 4. The third-order valence-electron chi connectivity index (χ3n) is 3.94. The molecule has 1 nitrogen and oxygen atoms in total. The SMILES string of the molecule is FC(F)C(F)(F)CNC1CCC(c2ccccc2)CC1. The van der Waals surface area contributed by atoms with Crippen LogP contribution in [0.25, 0.3) is 0 Å². The van der Waals surface area contributed by atoms with Crippen LogP contribution in [0.5, 0.6) is 0 Å². The molecule has 0 heterocycles. The number of halogens is 4. The normalized spacial score (nSPS) is 24.1. The van der Waals surface area contributed by atoms with Gasteiger partial charge in [-0.1, -0.05) is 30.3 Å². The second-order valence-corrected chi connectivity index (χ2v) is 5.40. The maximum Gasteiger partial charge on any atom is 0.319 e. The van der Waals surface area contributed by atoms with Crippen molar-refractivity contribution >= 4 is 0 Å². The van der Waals surface area contributed by atoms with E-state index in [0.717, 1.165) is 25.7 Å². The fourth-order valence-electron chi connectivity index (χ4n) is 2.71. The highest BCUT2D eigenvalue weighted by atomic mass is 19.3. The molecule has 0 aromatic heterocycles. The van der Waals surface area contributed by atoms with Crippen molar-refractivity contribution in [3.8, 4) is 0 Å². The fraction of sp³-hybridized carbons (Fsp3) is 0.600. The summed E-state index contributed by atoms with van der Waals surface area (Å²) in [7, 11) is 0. The van der Waals surface area contributed by atoms with Crippen LogP contribution >= 0.6 is 0 Å². The second kappa shape index (κ2) is 6.57. The van der Waals surface area contributed by atoms with Crippen molar-refractivity contribution in [1.29, 1.82) is 0 Å². The lowest BCUT2D eigenvalue weighted by atomic mass is 9.82. The van der Waals surface area contributed by atoms with Crippen molar-refractivity contribution in [2.75, 3.05) is 6.54 Å². The Labute approximate surface area is 116 Å². The van der Waals surface area contributed by atoms with E-state index in [2.05, 4.69) is 17.4 Å². The summed E-state index contributed by atoms with van der Waals surface area (Å²) >= 11 is 0. The number of benzene rings is 1. The van der Waals surface area contributed by atoms with E-state index in [1.807, 2.05) is 18.2 Å². The van der Waals surface area contributed by atoms with E-state index in [-0.39, 0.29) is 6.04 Å². The van der Waals surface area contributed by atoms with Crippen molar-refractivity contribution in [3.05, 3.63) is 35.9 Å². The van der Waals surface area contributed by atoms with Crippen molar-refractivity contribution in [2.45, 2.75) is 50.0 Å². The van der Waals surface area contributed by atoms with Crippen LogP contribution in [-0.2, 0) is 0 Å². The van der Waals surface area contributed by atoms with Crippen LogP contribution in [0.2, 0.25) is 0 Å². The summed E-state index contributed by atoms with van der Waals surface area (Å²) in [5, 5.41) is 2.59. The van der Waals surface area contributed by atoms with Crippen molar-refractivity contribution < 1.29 is 17.6 Å². The standard InChI is InChI=1S/C15H19F4N/c16-14(17)15(18,19)10-20-13-8-6-12(7-9-13)11-4-2-1-3-5-11/h1-5,12-14,20H,6-10H2. The van der Waals surface area contributed by atoms with E-state index in [4.69, 9.17) is 0 Å². The summed E-state index contributed by atoms with van der Waals surface area (Å²) in [4.78, 5) is 0. The van der Waals surface area contributed by atoms with Gasteiger partial charge in [-0.3, -0.25) is 0 Å². The molecule has 1 aromatic carbocycles. The zero-order valence-electron chi connectivity index (χ0n) is 11.2. The first kappa shape index (κ1) is 15.3. The zero-order chi connectivity index (χ0) is 14.6. The van der Waals surface area contributed by atoms with Gasteiger partial charge in [0.1, 0.15) is 0 Å². The van der Waals surface area contributed by atoms with Gasteiger partial charge in [0.25, 0.3) is 0 Å². The number of hydrogen-bond acceptors (Lipinski definition) is 1. The molecular formula is C15H19F4N. The minimum absolute atomic E-state index is 0.0837. The van der Waals surface area contributed by atoms with Crippen molar-refractivity contribution in [3.63, 3.8) is 0 Å². The highest BCUT2D eigenvalue weighted by Crippen LogP contribution is 2.33. The molecule has 0 radical (unpaired) electrons. The molecule has 0 atom stereocenters. The van der Waals surface area contributed by atoms with Crippen molar-refractivity contribution in [2.24, 2.45) is 0 Å². The third-order valence-corrected chi connectivity index (χ3v) is 3.94. The molecule has 0 saturated heterocycles. The molecule has 0 unspecified atom stereocenters. The first-order chi connectivity index (χ1) is 9.49. The smallest absolute Gasteiger partial charge is 0.308 e. The average molecular weight is 289 g/mol. The van der Waals surface area contributed by atoms with Gasteiger partial charge in [-0.15, -0.1) is 0 Å². The van der Waals surface area contributed by atoms with E-state index < -0.39 is 18.9 Å². The molecular weight excluding hydrogens is 270 g/mol. The molecule has 0 aliphatic heterocycles. The molecule has 1 fully saturated rings. The summed E-state index contributed by atoms with van der Waals surface area (Å²) in [6.07, 6.45) is -0.294. The van der Waals surface area contributed by atoms with Crippen molar-refractivity contribution in [1.82, 2.24) is 5.32 Å². The molecule has 2 rings (SSSR count). The Balaban J connectivity index is 1.78. The summed E-state index contributed by atoms with van der Waals surface area (Å²) in [6, 6.07) is 10.0. The molecule has 112 valence electrons. The Morgan fingerprint density at radius 2 is 1.65 bits per heavy atom. The van der Waals surface area contributed by atoms with Gasteiger partial charge in [-0.05, 0) is 37.2 Å². The van der Waals surface area contributed by atoms with E-state index in [0.29, 0.717) is 5.92 Å². The van der Waals surface area contributed by atoms with Crippen LogP contribution in [0, 0.1) is 0 Å². The predicted octanol–water partition coefficient (Wildman–Crippen LogP) is 4.20. The molecule has 1 aromatic rings. The molecule has 0 bridgehead atoms. The minimum atomic E-state index is -3.93. The number of hydrogen-bond donors (Lipinski definition) is 1. The molecule has 1 aliphatic rings. The average Bonchev–Trinajstić information content (AvgIpc) is 2.46. The first-order valence-electron chi connectivity index (χ1n) is 6.93. The van der Waals surface area contributed by atoms with Crippen LogP contribution in [-0.4, -0.2) is 24.9 Å². The number of rotatable bonds is 5. The van der Waals surface area contributed by atoms with Gasteiger partial charge in [0.2, 0.25) is 0 Å². The van der Waals surface area contributed by atoms with E-state index in [1.165, 1.54) is 5.56 Å². The zero-order valence-corrected chi connectivity index (χ0v) is 11.2. The Morgan fingerprint density at radius 3 is 2.20 bits per heavy atom. The Kier molecular flexibility index (Phi) is 5.02.